The van der Waals surface area contributed by atoms with Crippen LogP contribution in [-0.4, -0.2) is 55.9 Å². The molecule has 0 heterocycles. The summed E-state index contributed by atoms with van der Waals surface area (Å²) in [6, 6.07) is 0. The summed E-state index contributed by atoms with van der Waals surface area (Å²) in [4.78, 5) is 11.2. The number of rotatable bonds is 6. The maximum absolute atomic E-state index is 11.6. The number of aliphatic hydroxyl groups excluding tert-OH is 4. The fourth-order valence-electron chi connectivity index (χ4n) is 9.33. The van der Waals surface area contributed by atoms with E-state index < -0.39 is 24.1 Å². The minimum absolute atomic E-state index is 0.0678. The van der Waals surface area contributed by atoms with Crippen molar-refractivity contribution < 1.29 is 30.3 Å². The van der Waals surface area contributed by atoms with Crippen molar-refractivity contribution in [3.63, 3.8) is 0 Å². The van der Waals surface area contributed by atoms with E-state index in [0.717, 1.165) is 38.5 Å². The zero-order valence-corrected chi connectivity index (χ0v) is 20.9. The van der Waals surface area contributed by atoms with Crippen LogP contribution in [0.5, 0.6) is 0 Å². The highest BCUT2D eigenvalue weighted by atomic mass is 16.4. The lowest BCUT2D eigenvalue weighted by Gasteiger charge is -2.63. The molecule has 5 N–H and O–H groups in total. The molecule has 0 bridgehead atoms. The van der Waals surface area contributed by atoms with Crippen LogP contribution in [0.2, 0.25) is 0 Å². The molecule has 0 amide bonds. The predicted octanol–water partition coefficient (Wildman–Crippen LogP) is 3.45. The smallest absolute Gasteiger partial charge is 0.306 e. The van der Waals surface area contributed by atoms with Crippen LogP contribution in [0.4, 0.5) is 0 Å². The van der Waals surface area contributed by atoms with E-state index in [9.17, 15) is 30.3 Å². The Kier molecular flexibility index (Phi) is 6.98. The molecule has 0 spiro atoms. The largest absolute Gasteiger partial charge is 0.481 e. The first-order chi connectivity index (χ1) is 15.4. The quantitative estimate of drug-likeness (QED) is 0.409. The van der Waals surface area contributed by atoms with Gasteiger partial charge in [-0.25, -0.2) is 0 Å². The van der Waals surface area contributed by atoms with E-state index in [1.54, 1.807) is 6.92 Å². The molecule has 6 heteroatoms. The van der Waals surface area contributed by atoms with Gasteiger partial charge < -0.3 is 25.5 Å². The van der Waals surface area contributed by atoms with Crippen LogP contribution in [0.3, 0.4) is 0 Å². The summed E-state index contributed by atoms with van der Waals surface area (Å²) in [6.45, 7) is 8.34. The highest BCUT2D eigenvalue weighted by molar-refractivity contribution is 5.69. The number of aliphatic carboxylic acids is 1. The monoisotopic (exact) mass is 466 g/mol. The summed E-state index contributed by atoms with van der Waals surface area (Å²) >= 11 is 0. The Morgan fingerprint density at radius 2 is 1.67 bits per heavy atom. The van der Waals surface area contributed by atoms with Crippen molar-refractivity contribution >= 4 is 5.97 Å². The van der Waals surface area contributed by atoms with Crippen molar-refractivity contribution in [3.8, 4) is 0 Å². The lowest BCUT2D eigenvalue weighted by molar-refractivity contribution is -0.207. The molecule has 13 unspecified atom stereocenters. The van der Waals surface area contributed by atoms with Gasteiger partial charge in [-0.1, -0.05) is 27.7 Å². The predicted molar refractivity (Wildman–Crippen MR) is 125 cm³/mol. The fraction of sp³-hybridized carbons (Fsp3) is 0.963. The van der Waals surface area contributed by atoms with Gasteiger partial charge in [0.1, 0.15) is 0 Å². The summed E-state index contributed by atoms with van der Waals surface area (Å²) in [7, 11) is 0. The maximum Gasteiger partial charge on any atom is 0.306 e. The van der Waals surface area contributed by atoms with Crippen LogP contribution in [-0.2, 0) is 4.79 Å². The Hall–Kier alpha value is -0.690. The molecule has 13 atom stereocenters. The molecule has 4 aliphatic rings. The number of hydrogen-bond acceptors (Lipinski definition) is 5. The van der Waals surface area contributed by atoms with Gasteiger partial charge >= 0.3 is 5.97 Å². The van der Waals surface area contributed by atoms with Crippen LogP contribution < -0.4 is 0 Å². The Morgan fingerprint density at radius 1 is 0.970 bits per heavy atom. The van der Waals surface area contributed by atoms with Crippen molar-refractivity contribution in [2.75, 3.05) is 0 Å². The minimum atomic E-state index is -0.878. The first-order valence-corrected chi connectivity index (χ1v) is 13.3. The van der Waals surface area contributed by atoms with Crippen LogP contribution >= 0.6 is 0 Å². The van der Waals surface area contributed by atoms with Crippen LogP contribution in [0.25, 0.3) is 0 Å². The zero-order valence-electron chi connectivity index (χ0n) is 20.9. The molecule has 4 saturated carbocycles. The summed E-state index contributed by atoms with van der Waals surface area (Å²) in [6.07, 6.45) is 5.04. The summed E-state index contributed by atoms with van der Waals surface area (Å²) in [5, 5.41) is 53.0. The topological polar surface area (TPSA) is 118 Å². The molecule has 4 rings (SSSR count). The van der Waals surface area contributed by atoms with Crippen molar-refractivity contribution in [3.05, 3.63) is 0 Å². The maximum atomic E-state index is 11.6. The molecular formula is C27H46O6. The van der Waals surface area contributed by atoms with Crippen molar-refractivity contribution in [1.82, 2.24) is 0 Å². The third-order valence-corrected chi connectivity index (χ3v) is 11.2. The SMILES string of the molecule is CC(CC(O)CC(C)C1CCC2C3C(O)CC4CC(O)CCC4(C)C3CC(O)C12C)C(=O)O. The lowest BCUT2D eigenvalue weighted by Crippen LogP contribution is -2.62. The van der Waals surface area contributed by atoms with Gasteiger partial charge in [-0.15, -0.1) is 0 Å². The normalized spacial score (nSPS) is 49.9. The Balaban J connectivity index is 1.53. The molecule has 6 nitrogen and oxygen atoms in total. The van der Waals surface area contributed by atoms with Crippen molar-refractivity contribution in [2.45, 2.75) is 110 Å². The molecular weight excluding hydrogens is 420 g/mol. The van der Waals surface area contributed by atoms with Gasteiger partial charge in [0, 0.05) is 0 Å². The van der Waals surface area contributed by atoms with Crippen molar-refractivity contribution in [2.24, 2.45) is 52.3 Å². The van der Waals surface area contributed by atoms with E-state index in [0.29, 0.717) is 18.8 Å². The second-order valence-electron chi connectivity index (χ2n) is 12.9. The molecule has 0 aliphatic heterocycles. The molecule has 33 heavy (non-hydrogen) atoms. The van der Waals surface area contributed by atoms with Gasteiger partial charge in [0.15, 0.2) is 0 Å². The second-order valence-corrected chi connectivity index (χ2v) is 12.9. The van der Waals surface area contributed by atoms with Crippen LogP contribution in [0, 0.1) is 52.3 Å². The summed E-state index contributed by atoms with van der Waals surface area (Å²) < 4.78 is 0. The van der Waals surface area contributed by atoms with Crippen molar-refractivity contribution in [1.29, 1.82) is 0 Å². The number of fused-ring (bicyclic) bond motifs is 5. The Labute approximate surface area is 198 Å². The van der Waals surface area contributed by atoms with E-state index in [2.05, 4.69) is 20.8 Å². The molecule has 4 fully saturated rings. The molecule has 0 aromatic carbocycles. The molecule has 0 radical (unpaired) electrons. The van der Waals surface area contributed by atoms with Gasteiger partial charge in [-0.05, 0) is 104 Å². The summed E-state index contributed by atoms with van der Waals surface area (Å²) in [5.41, 5.74) is -0.227. The van der Waals surface area contributed by atoms with Crippen LogP contribution in [0.15, 0.2) is 0 Å². The number of carboxylic acids is 1. The van der Waals surface area contributed by atoms with Gasteiger partial charge in [0.2, 0.25) is 0 Å². The van der Waals surface area contributed by atoms with Crippen LogP contribution in [0.1, 0.15) is 85.5 Å². The molecule has 4 aliphatic carbocycles. The summed E-state index contributed by atoms with van der Waals surface area (Å²) in [5.74, 6) is 0.0176. The van der Waals surface area contributed by atoms with Gasteiger partial charge in [0.25, 0.3) is 0 Å². The molecule has 0 aromatic heterocycles. The Bertz CT molecular complexity index is 727. The average Bonchev–Trinajstić information content (AvgIpc) is 3.08. The highest BCUT2D eigenvalue weighted by Crippen LogP contribution is 2.68. The van der Waals surface area contributed by atoms with E-state index in [4.69, 9.17) is 0 Å². The first kappa shape index (κ1) is 25.4. The number of aliphatic hydroxyl groups is 4. The van der Waals surface area contributed by atoms with E-state index in [1.165, 1.54) is 0 Å². The number of carboxylic acid groups (broad SMARTS) is 1. The minimum Gasteiger partial charge on any atom is -0.481 e. The third kappa shape index (κ3) is 4.17. The molecule has 190 valence electrons. The van der Waals surface area contributed by atoms with E-state index in [-0.39, 0.29) is 59.0 Å². The third-order valence-electron chi connectivity index (χ3n) is 11.2. The zero-order chi connectivity index (χ0) is 24.3. The lowest BCUT2D eigenvalue weighted by atomic mass is 9.43. The standard InChI is InChI=1S/C27H46O6/c1-14(9-18(29)10-15(2)25(32)33)19-5-6-20-24-21(13-23(31)27(19,20)4)26(3)8-7-17(28)11-16(26)12-22(24)30/h14-24,28-31H,5-13H2,1-4H3,(H,32,33). The molecule has 0 aromatic rings. The molecule has 0 saturated heterocycles. The average molecular weight is 467 g/mol. The fourth-order valence-corrected chi connectivity index (χ4v) is 9.33. The van der Waals surface area contributed by atoms with Gasteiger partial charge in [0.05, 0.1) is 30.3 Å². The number of carbonyl (C=O) groups is 1. The van der Waals surface area contributed by atoms with E-state index in [1.807, 2.05) is 0 Å². The van der Waals surface area contributed by atoms with Gasteiger partial charge in [-0.2, -0.15) is 0 Å². The van der Waals surface area contributed by atoms with Gasteiger partial charge in [-0.3, -0.25) is 4.79 Å². The number of hydrogen-bond donors (Lipinski definition) is 5. The first-order valence-electron chi connectivity index (χ1n) is 13.3. The Morgan fingerprint density at radius 3 is 2.33 bits per heavy atom. The second kappa shape index (κ2) is 9.07. The van der Waals surface area contributed by atoms with E-state index >= 15 is 0 Å². The highest BCUT2D eigenvalue weighted by Gasteiger charge is 2.65.